The van der Waals surface area contributed by atoms with E-state index < -0.39 is 0 Å². The summed E-state index contributed by atoms with van der Waals surface area (Å²) in [7, 11) is 0. The Balaban J connectivity index is 1.51. The van der Waals surface area contributed by atoms with E-state index in [1.165, 1.54) is 44.1 Å². The van der Waals surface area contributed by atoms with Crippen molar-refractivity contribution >= 4 is 11.6 Å². The number of nitrogens with zero attached hydrogens (tertiary/aromatic N) is 3. The zero-order valence-electron chi connectivity index (χ0n) is 12.8. The summed E-state index contributed by atoms with van der Waals surface area (Å²) in [6.07, 6.45) is 10.1. The number of halogens is 1. The molecule has 0 amide bonds. The fourth-order valence-corrected chi connectivity index (χ4v) is 3.13. The zero-order valence-corrected chi connectivity index (χ0v) is 13.6. The SMILES string of the molecule is Clc1ccc(Cn2cc(CNC3CCCCCC3)nn2)cc1. The first-order chi connectivity index (χ1) is 10.8. The van der Waals surface area contributed by atoms with Gasteiger partial charge in [0.1, 0.15) is 0 Å². The molecule has 0 aliphatic heterocycles. The van der Waals surface area contributed by atoms with E-state index >= 15 is 0 Å². The van der Waals surface area contributed by atoms with Crippen molar-refractivity contribution in [2.24, 2.45) is 0 Å². The summed E-state index contributed by atoms with van der Waals surface area (Å²) >= 11 is 5.90. The van der Waals surface area contributed by atoms with Gasteiger partial charge in [-0.05, 0) is 30.5 Å². The molecule has 0 bridgehead atoms. The van der Waals surface area contributed by atoms with Crippen LogP contribution in [0, 0.1) is 0 Å². The average Bonchev–Trinajstić information content (AvgIpc) is 2.81. The van der Waals surface area contributed by atoms with E-state index in [0.29, 0.717) is 6.04 Å². The minimum atomic E-state index is 0.643. The Bertz CT molecular complexity index is 571. The summed E-state index contributed by atoms with van der Waals surface area (Å²) < 4.78 is 1.88. The molecule has 0 unspecified atom stereocenters. The molecule has 5 heteroatoms. The maximum absolute atomic E-state index is 5.90. The second kappa shape index (κ2) is 7.75. The highest BCUT2D eigenvalue weighted by Gasteiger charge is 2.12. The molecule has 0 spiro atoms. The zero-order chi connectivity index (χ0) is 15.2. The molecule has 3 rings (SSSR count). The van der Waals surface area contributed by atoms with E-state index in [-0.39, 0.29) is 0 Å². The van der Waals surface area contributed by atoms with E-state index in [0.717, 1.165) is 23.8 Å². The van der Waals surface area contributed by atoms with Gasteiger partial charge in [0.2, 0.25) is 0 Å². The van der Waals surface area contributed by atoms with E-state index in [9.17, 15) is 0 Å². The smallest absolute Gasteiger partial charge is 0.0965 e. The van der Waals surface area contributed by atoms with Crippen LogP contribution >= 0.6 is 11.6 Å². The van der Waals surface area contributed by atoms with Gasteiger partial charge in [-0.25, -0.2) is 4.68 Å². The van der Waals surface area contributed by atoms with Gasteiger partial charge in [-0.1, -0.05) is 54.6 Å². The highest BCUT2D eigenvalue weighted by atomic mass is 35.5. The molecule has 4 nitrogen and oxygen atoms in total. The van der Waals surface area contributed by atoms with Gasteiger partial charge in [-0.15, -0.1) is 5.10 Å². The van der Waals surface area contributed by atoms with Crippen LogP contribution in [0.25, 0.3) is 0 Å². The summed E-state index contributed by atoms with van der Waals surface area (Å²) in [6, 6.07) is 8.50. The second-order valence-corrected chi connectivity index (χ2v) is 6.54. The molecule has 1 aliphatic rings. The van der Waals surface area contributed by atoms with Gasteiger partial charge in [0.25, 0.3) is 0 Å². The fourth-order valence-electron chi connectivity index (χ4n) is 3.01. The first kappa shape index (κ1) is 15.5. The maximum Gasteiger partial charge on any atom is 0.0965 e. The largest absolute Gasteiger partial charge is 0.308 e. The third-order valence-corrected chi connectivity index (χ3v) is 4.52. The van der Waals surface area contributed by atoms with E-state index in [1.54, 1.807) is 0 Å². The quantitative estimate of drug-likeness (QED) is 0.853. The van der Waals surface area contributed by atoms with Gasteiger partial charge in [-0.3, -0.25) is 0 Å². The Kier molecular flexibility index (Phi) is 5.46. The summed E-state index contributed by atoms with van der Waals surface area (Å²) in [6.45, 7) is 1.54. The standard InChI is InChI=1S/C17H23ClN4/c18-15-9-7-14(8-10-15)12-22-13-17(20-21-22)11-19-16-5-3-1-2-4-6-16/h7-10,13,16,19H,1-6,11-12H2. The third-order valence-electron chi connectivity index (χ3n) is 4.27. The molecule has 1 aliphatic carbocycles. The summed E-state index contributed by atoms with van der Waals surface area (Å²) in [4.78, 5) is 0. The molecule has 22 heavy (non-hydrogen) atoms. The van der Waals surface area contributed by atoms with Crippen LogP contribution in [0.4, 0.5) is 0 Å². The van der Waals surface area contributed by atoms with Crippen LogP contribution in [0.5, 0.6) is 0 Å². The fraction of sp³-hybridized carbons (Fsp3) is 0.529. The number of benzene rings is 1. The van der Waals surface area contributed by atoms with Gasteiger partial charge < -0.3 is 5.32 Å². The summed E-state index contributed by atoms with van der Waals surface area (Å²) in [5.74, 6) is 0. The molecule has 118 valence electrons. The highest BCUT2D eigenvalue weighted by molar-refractivity contribution is 6.30. The van der Waals surface area contributed by atoms with Gasteiger partial charge >= 0.3 is 0 Å². The molecular formula is C17H23ClN4. The molecule has 1 aromatic heterocycles. The second-order valence-electron chi connectivity index (χ2n) is 6.10. The molecule has 1 fully saturated rings. The number of hydrogen-bond donors (Lipinski definition) is 1. The molecule has 0 atom stereocenters. The average molecular weight is 319 g/mol. The molecule has 1 aromatic carbocycles. The monoisotopic (exact) mass is 318 g/mol. The minimum absolute atomic E-state index is 0.643. The Hall–Kier alpha value is -1.39. The third kappa shape index (κ3) is 4.55. The molecular weight excluding hydrogens is 296 g/mol. The van der Waals surface area contributed by atoms with Gasteiger partial charge in [0.15, 0.2) is 0 Å². The van der Waals surface area contributed by atoms with Crippen molar-refractivity contribution in [1.82, 2.24) is 20.3 Å². The van der Waals surface area contributed by atoms with Crippen molar-refractivity contribution in [3.05, 3.63) is 46.7 Å². The predicted octanol–water partition coefficient (Wildman–Crippen LogP) is 3.79. The van der Waals surface area contributed by atoms with Crippen molar-refractivity contribution < 1.29 is 0 Å². The first-order valence-electron chi connectivity index (χ1n) is 8.16. The lowest BCUT2D eigenvalue weighted by atomic mass is 10.1. The van der Waals surface area contributed by atoms with Crippen LogP contribution in [0.3, 0.4) is 0 Å². The van der Waals surface area contributed by atoms with Crippen molar-refractivity contribution in [3.8, 4) is 0 Å². The number of hydrogen-bond acceptors (Lipinski definition) is 3. The van der Waals surface area contributed by atoms with Gasteiger partial charge in [0.05, 0.1) is 18.4 Å². The maximum atomic E-state index is 5.90. The lowest BCUT2D eigenvalue weighted by Crippen LogP contribution is -2.28. The lowest BCUT2D eigenvalue weighted by Gasteiger charge is -2.14. The molecule has 1 heterocycles. The Morgan fingerprint density at radius 1 is 1.09 bits per heavy atom. The molecule has 0 saturated heterocycles. The predicted molar refractivity (Wildman–Crippen MR) is 88.9 cm³/mol. The normalized spacial score (nSPS) is 16.6. The van der Waals surface area contributed by atoms with Gasteiger partial charge in [0, 0.05) is 17.6 Å². The van der Waals surface area contributed by atoms with Gasteiger partial charge in [-0.2, -0.15) is 0 Å². The van der Waals surface area contributed by atoms with Crippen LogP contribution in [0.2, 0.25) is 5.02 Å². The molecule has 0 radical (unpaired) electrons. The van der Waals surface area contributed by atoms with Crippen molar-refractivity contribution in [2.75, 3.05) is 0 Å². The van der Waals surface area contributed by atoms with Crippen molar-refractivity contribution in [3.63, 3.8) is 0 Å². The van der Waals surface area contributed by atoms with E-state index in [4.69, 9.17) is 11.6 Å². The number of nitrogens with one attached hydrogen (secondary N) is 1. The minimum Gasteiger partial charge on any atom is -0.308 e. The first-order valence-corrected chi connectivity index (χ1v) is 8.54. The van der Waals surface area contributed by atoms with E-state index in [1.807, 2.05) is 35.1 Å². The van der Waals surface area contributed by atoms with Crippen LogP contribution in [-0.4, -0.2) is 21.0 Å². The lowest BCUT2D eigenvalue weighted by molar-refractivity contribution is 0.456. The summed E-state index contributed by atoms with van der Waals surface area (Å²) in [5.41, 5.74) is 2.19. The molecule has 2 aromatic rings. The van der Waals surface area contributed by atoms with Crippen molar-refractivity contribution in [2.45, 2.75) is 57.7 Å². The van der Waals surface area contributed by atoms with E-state index in [2.05, 4.69) is 15.6 Å². The van der Waals surface area contributed by atoms with Crippen LogP contribution in [-0.2, 0) is 13.1 Å². The number of rotatable bonds is 5. The molecule has 1 N–H and O–H groups in total. The van der Waals surface area contributed by atoms with Crippen LogP contribution < -0.4 is 5.32 Å². The number of aromatic nitrogens is 3. The topological polar surface area (TPSA) is 42.7 Å². The Morgan fingerprint density at radius 3 is 2.55 bits per heavy atom. The van der Waals surface area contributed by atoms with Crippen molar-refractivity contribution in [1.29, 1.82) is 0 Å². The Labute approximate surface area is 136 Å². The molecule has 1 saturated carbocycles. The van der Waals surface area contributed by atoms with Crippen LogP contribution in [0.15, 0.2) is 30.5 Å². The summed E-state index contributed by atoms with van der Waals surface area (Å²) in [5, 5.41) is 12.9. The van der Waals surface area contributed by atoms with Crippen LogP contribution in [0.1, 0.15) is 49.8 Å². The Morgan fingerprint density at radius 2 is 1.82 bits per heavy atom. The highest BCUT2D eigenvalue weighted by Crippen LogP contribution is 2.17.